The molecule has 0 aromatic carbocycles. The topological polar surface area (TPSA) is 35.5 Å². The van der Waals surface area contributed by atoms with Crippen LogP contribution in [0.3, 0.4) is 0 Å². The zero-order valence-electron chi connectivity index (χ0n) is 10.2. The second-order valence-electron chi connectivity index (χ2n) is 4.82. The van der Waals surface area contributed by atoms with E-state index in [4.69, 9.17) is 5.11 Å². The first-order chi connectivity index (χ1) is 6.45. The fourth-order valence-electron chi connectivity index (χ4n) is 1.71. The summed E-state index contributed by atoms with van der Waals surface area (Å²) in [6.45, 7) is 10.8. The van der Waals surface area contributed by atoms with Gasteiger partial charge in [-0.1, -0.05) is 27.7 Å². The smallest absolute Gasteiger partial charge is 0.0597 e. The summed E-state index contributed by atoms with van der Waals surface area (Å²) >= 11 is 0. The maximum Gasteiger partial charge on any atom is 0.0597 e. The van der Waals surface area contributed by atoms with Crippen molar-refractivity contribution in [2.45, 2.75) is 39.8 Å². The molecular weight excluding hydrogens is 176 g/mol. The number of hydrogen-bond acceptors (Lipinski definition) is 3. The third-order valence-electron chi connectivity index (χ3n) is 2.00. The quantitative estimate of drug-likeness (QED) is 0.645. The van der Waals surface area contributed by atoms with Gasteiger partial charge in [-0.25, -0.2) is 0 Å². The molecule has 2 N–H and O–H groups in total. The highest BCUT2D eigenvalue weighted by Crippen LogP contribution is 1.97. The van der Waals surface area contributed by atoms with Crippen LogP contribution in [0.1, 0.15) is 27.7 Å². The molecular formula is C11H26N2O. The molecule has 0 saturated heterocycles. The fraction of sp³-hybridized carbons (Fsp3) is 1.00. The molecule has 0 rings (SSSR count). The van der Waals surface area contributed by atoms with Crippen LogP contribution >= 0.6 is 0 Å². The van der Waals surface area contributed by atoms with Crippen molar-refractivity contribution in [1.29, 1.82) is 0 Å². The predicted octanol–water partition coefficient (Wildman–Crippen LogP) is 0.933. The molecule has 0 aliphatic carbocycles. The second-order valence-corrected chi connectivity index (χ2v) is 4.82. The summed E-state index contributed by atoms with van der Waals surface area (Å²) in [6.07, 6.45) is 0. The number of likely N-dealkylation sites (N-methyl/N-ethyl adjacent to an activating group) is 1. The minimum absolute atomic E-state index is 0.193. The highest BCUT2D eigenvalue weighted by atomic mass is 16.3. The highest BCUT2D eigenvalue weighted by molar-refractivity contribution is 4.72. The van der Waals surface area contributed by atoms with Gasteiger partial charge in [-0.3, -0.25) is 0 Å². The van der Waals surface area contributed by atoms with E-state index in [0.29, 0.717) is 12.0 Å². The summed E-state index contributed by atoms with van der Waals surface area (Å²) in [7, 11) is 2.10. The van der Waals surface area contributed by atoms with Gasteiger partial charge in [0.2, 0.25) is 0 Å². The molecule has 0 aliphatic rings. The van der Waals surface area contributed by atoms with E-state index in [1.54, 1.807) is 0 Å². The lowest BCUT2D eigenvalue weighted by Gasteiger charge is -2.26. The lowest BCUT2D eigenvalue weighted by molar-refractivity contribution is 0.184. The molecule has 3 nitrogen and oxygen atoms in total. The molecule has 1 unspecified atom stereocenters. The van der Waals surface area contributed by atoms with Gasteiger partial charge in [0.1, 0.15) is 0 Å². The summed E-state index contributed by atoms with van der Waals surface area (Å²) in [5.41, 5.74) is 0. The van der Waals surface area contributed by atoms with E-state index in [1.165, 1.54) is 0 Å². The van der Waals surface area contributed by atoms with Crippen molar-refractivity contribution in [3.63, 3.8) is 0 Å². The Kier molecular flexibility index (Phi) is 7.15. The van der Waals surface area contributed by atoms with E-state index >= 15 is 0 Å². The van der Waals surface area contributed by atoms with Gasteiger partial charge in [-0.2, -0.15) is 0 Å². The summed E-state index contributed by atoms with van der Waals surface area (Å²) in [5.74, 6) is 0.679. The van der Waals surface area contributed by atoms with E-state index in [1.807, 2.05) is 0 Å². The minimum atomic E-state index is 0.193. The Balaban J connectivity index is 3.79. The Hall–Kier alpha value is -0.120. The van der Waals surface area contributed by atoms with Crippen molar-refractivity contribution in [3.05, 3.63) is 0 Å². The predicted molar refractivity (Wildman–Crippen MR) is 61.5 cm³/mol. The number of aliphatic hydroxyl groups is 1. The van der Waals surface area contributed by atoms with Gasteiger partial charge in [-0.15, -0.1) is 0 Å². The van der Waals surface area contributed by atoms with Crippen molar-refractivity contribution < 1.29 is 5.11 Å². The van der Waals surface area contributed by atoms with E-state index < -0.39 is 0 Å². The summed E-state index contributed by atoms with van der Waals surface area (Å²) < 4.78 is 0. The van der Waals surface area contributed by atoms with Gasteiger partial charge in [0.15, 0.2) is 0 Å². The van der Waals surface area contributed by atoms with E-state index in [-0.39, 0.29) is 12.6 Å². The molecule has 0 heterocycles. The third-order valence-corrected chi connectivity index (χ3v) is 2.00. The van der Waals surface area contributed by atoms with Gasteiger partial charge < -0.3 is 15.3 Å². The molecule has 86 valence electrons. The van der Waals surface area contributed by atoms with Gasteiger partial charge in [0.05, 0.1) is 6.61 Å². The molecule has 0 aromatic rings. The first kappa shape index (κ1) is 13.9. The van der Waals surface area contributed by atoms with Crippen LogP contribution in [-0.2, 0) is 0 Å². The summed E-state index contributed by atoms with van der Waals surface area (Å²) in [5, 5.41) is 12.5. The van der Waals surface area contributed by atoms with Crippen molar-refractivity contribution >= 4 is 0 Å². The molecule has 0 radical (unpaired) electrons. The number of nitrogens with zero attached hydrogens (tertiary/aromatic N) is 1. The lowest BCUT2D eigenvalue weighted by Crippen LogP contribution is -2.45. The number of nitrogens with one attached hydrogen (secondary N) is 1. The standard InChI is InChI=1S/C11H26N2O/c1-9(2)6-13(5)7-11(8-14)12-10(3)4/h9-12,14H,6-8H2,1-5H3. The van der Waals surface area contributed by atoms with Gasteiger partial charge in [-0.05, 0) is 13.0 Å². The van der Waals surface area contributed by atoms with Gasteiger partial charge in [0, 0.05) is 25.2 Å². The molecule has 0 fully saturated rings. The molecule has 1 atom stereocenters. The van der Waals surface area contributed by atoms with E-state index in [9.17, 15) is 0 Å². The van der Waals surface area contributed by atoms with Gasteiger partial charge >= 0.3 is 0 Å². The van der Waals surface area contributed by atoms with Crippen molar-refractivity contribution in [3.8, 4) is 0 Å². The Bertz CT molecular complexity index is 137. The zero-order valence-corrected chi connectivity index (χ0v) is 10.2. The van der Waals surface area contributed by atoms with Crippen molar-refractivity contribution in [1.82, 2.24) is 10.2 Å². The van der Waals surface area contributed by atoms with Crippen molar-refractivity contribution in [2.24, 2.45) is 5.92 Å². The molecule has 0 bridgehead atoms. The van der Waals surface area contributed by atoms with Crippen LogP contribution in [0.15, 0.2) is 0 Å². The lowest BCUT2D eigenvalue weighted by atomic mass is 10.2. The van der Waals surface area contributed by atoms with Crippen LogP contribution in [0.4, 0.5) is 0 Å². The minimum Gasteiger partial charge on any atom is -0.395 e. The first-order valence-electron chi connectivity index (χ1n) is 5.51. The van der Waals surface area contributed by atoms with Crippen LogP contribution in [0.5, 0.6) is 0 Å². The first-order valence-corrected chi connectivity index (χ1v) is 5.51. The molecule has 0 saturated carbocycles. The van der Waals surface area contributed by atoms with Crippen LogP contribution in [0.25, 0.3) is 0 Å². The zero-order chi connectivity index (χ0) is 11.1. The molecule has 0 amide bonds. The largest absolute Gasteiger partial charge is 0.395 e. The number of rotatable bonds is 7. The van der Waals surface area contributed by atoms with Crippen LogP contribution in [0, 0.1) is 5.92 Å². The normalized spacial score (nSPS) is 14.4. The van der Waals surface area contributed by atoms with Gasteiger partial charge in [0.25, 0.3) is 0 Å². The molecule has 14 heavy (non-hydrogen) atoms. The SMILES string of the molecule is CC(C)CN(C)CC(CO)NC(C)C. The fourth-order valence-corrected chi connectivity index (χ4v) is 1.71. The molecule has 0 aliphatic heterocycles. The Morgan fingerprint density at radius 2 is 1.71 bits per heavy atom. The highest BCUT2D eigenvalue weighted by Gasteiger charge is 2.11. The average molecular weight is 202 g/mol. The second kappa shape index (κ2) is 7.21. The van der Waals surface area contributed by atoms with Crippen LogP contribution < -0.4 is 5.32 Å². The summed E-state index contributed by atoms with van der Waals surface area (Å²) in [6, 6.07) is 0.623. The Labute approximate surface area is 88.5 Å². The maximum atomic E-state index is 9.17. The van der Waals surface area contributed by atoms with Crippen molar-refractivity contribution in [2.75, 3.05) is 26.7 Å². The Morgan fingerprint density at radius 3 is 2.07 bits per heavy atom. The molecule has 0 aromatic heterocycles. The van der Waals surface area contributed by atoms with Crippen LogP contribution in [-0.4, -0.2) is 48.8 Å². The van der Waals surface area contributed by atoms with E-state index in [0.717, 1.165) is 13.1 Å². The van der Waals surface area contributed by atoms with E-state index in [2.05, 4.69) is 45.0 Å². The number of aliphatic hydroxyl groups excluding tert-OH is 1. The third kappa shape index (κ3) is 7.30. The average Bonchev–Trinajstić information content (AvgIpc) is 2.00. The monoisotopic (exact) mass is 202 g/mol. The summed E-state index contributed by atoms with van der Waals surface area (Å²) in [4.78, 5) is 2.26. The molecule has 0 spiro atoms. The number of hydrogen-bond donors (Lipinski definition) is 2. The molecule has 3 heteroatoms. The maximum absolute atomic E-state index is 9.17. The van der Waals surface area contributed by atoms with Crippen LogP contribution in [0.2, 0.25) is 0 Å². The Morgan fingerprint density at radius 1 is 1.14 bits per heavy atom.